The average Bonchev–Trinajstić information content (AvgIpc) is 3.15. The summed E-state index contributed by atoms with van der Waals surface area (Å²) in [7, 11) is 0. The molecule has 0 unspecified atom stereocenters. The number of carbonyl (C=O) groups is 1. The molecule has 1 heterocycles. The van der Waals surface area contributed by atoms with Crippen molar-refractivity contribution in [2.24, 2.45) is 5.41 Å². The number of amides is 1. The number of rotatable bonds is 5. The summed E-state index contributed by atoms with van der Waals surface area (Å²) in [6, 6.07) is 1.53. The third-order valence-corrected chi connectivity index (χ3v) is 3.68. The van der Waals surface area contributed by atoms with E-state index in [9.17, 15) is 22.8 Å². The van der Waals surface area contributed by atoms with Gasteiger partial charge in [-0.25, -0.2) is 0 Å². The monoisotopic (exact) mass is 304 g/mol. The van der Waals surface area contributed by atoms with Crippen LogP contribution in [0.1, 0.15) is 35.3 Å². The maximum Gasteiger partial charge on any atom is 0.431 e. The van der Waals surface area contributed by atoms with Gasteiger partial charge in [0, 0.05) is 13.2 Å². The lowest BCUT2D eigenvalue weighted by molar-refractivity contribution is -0.141. The number of nitrogens with one attached hydrogen (secondary N) is 2. The van der Waals surface area contributed by atoms with Gasteiger partial charge in [0.1, 0.15) is 11.3 Å². The minimum atomic E-state index is -4.66. The van der Waals surface area contributed by atoms with E-state index in [4.69, 9.17) is 5.11 Å². The number of hydrogen-bond acceptors (Lipinski definition) is 3. The van der Waals surface area contributed by atoms with Crippen LogP contribution in [-0.4, -0.2) is 29.1 Å². The lowest BCUT2D eigenvalue weighted by Crippen LogP contribution is -2.34. The molecule has 0 aliphatic heterocycles. The van der Waals surface area contributed by atoms with E-state index < -0.39 is 23.3 Å². The quantitative estimate of drug-likeness (QED) is 0.766. The fraction of sp³-hybridized carbons (Fsp3) is 0.538. The molecule has 21 heavy (non-hydrogen) atoms. The van der Waals surface area contributed by atoms with Crippen LogP contribution in [0, 0.1) is 5.41 Å². The largest absolute Gasteiger partial charge is 0.431 e. The summed E-state index contributed by atoms with van der Waals surface area (Å²) < 4.78 is 37.2. The summed E-state index contributed by atoms with van der Waals surface area (Å²) in [4.78, 5) is 25.0. The average molecular weight is 304 g/mol. The van der Waals surface area contributed by atoms with Crippen LogP contribution in [0.2, 0.25) is 0 Å². The van der Waals surface area contributed by atoms with Gasteiger partial charge in [-0.3, -0.25) is 9.59 Å². The lowest BCUT2D eigenvalue weighted by Gasteiger charge is -2.14. The number of carbonyl (C=O) groups excluding carboxylic acids is 1. The van der Waals surface area contributed by atoms with Crippen LogP contribution in [0.25, 0.3) is 0 Å². The maximum atomic E-state index is 12.4. The van der Waals surface area contributed by atoms with Crippen molar-refractivity contribution in [1.82, 2.24) is 10.3 Å². The second kappa shape index (κ2) is 5.51. The highest BCUT2D eigenvalue weighted by molar-refractivity contribution is 5.93. The first-order chi connectivity index (χ1) is 9.77. The molecule has 1 amide bonds. The SMILES string of the molecule is O=C(NCC1(CCO)CC1)c1ccc(C(F)(F)F)[nH]c1=O. The molecule has 0 saturated heterocycles. The molecule has 1 aromatic heterocycles. The molecule has 1 aromatic rings. The number of hydrogen-bond donors (Lipinski definition) is 3. The Labute approximate surface area is 118 Å². The number of aliphatic hydroxyl groups excluding tert-OH is 1. The number of halogens is 3. The first-order valence-corrected chi connectivity index (χ1v) is 6.47. The number of H-pyrrole nitrogens is 1. The third-order valence-electron chi connectivity index (χ3n) is 3.68. The third kappa shape index (κ3) is 3.63. The number of aromatic nitrogens is 1. The zero-order valence-corrected chi connectivity index (χ0v) is 11.1. The summed E-state index contributed by atoms with van der Waals surface area (Å²) in [6.07, 6.45) is -2.36. The Hall–Kier alpha value is -1.83. The minimum absolute atomic E-state index is 0.0106. The van der Waals surface area contributed by atoms with Crippen LogP contribution >= 0.6 is 0 Å². The molecule has 1 aliphatic carbocycles. The number of aliphatic hydroxyl groups is 1. The molecular weight excluding hydrogens is 289 g/mol. The molecule has 116 valence electrons. The normalized spacial score (nSPS) is 16.6. The molecule has 0 atom stereocenters. The van der Waals surface area contributed by atoms with Gasteiger partial charge in [0.05, 0.1) is 0 Å². The van der Waals surface area contributed by atoms with E-state index >= 15 is 0 Å². The Morgan fingerprint density at radius 2 is 2.05 bits per heavy atom. The van der Waals surface area contributed by atoms with Crippen LogP contribution in [0.4, 0.5) is 13.2 Å². The van der Waals surface area contributed by atoms with E-state index in [1.54, 1.807) is 4.98 Å². The Balaban J connectivity index is 2.05. The smallest absolute Gasteiger partial charge is 0.396 e. The molecule has 8 heteroatoms. The Morgan fingerprint density at radius 1 is 1.38 bits per heavy atom. The molecule has 1 aliphatic rings. The fourth-order valence-corrected chi connectivity index (χ4v) is 2.11. The Bertz CT molecular complexity index is 591. The van der Waals surface area contributed by atoms with Gasteiger partial charge in [-0.05, 0) is 36.8 Å². The Morgan fingerprint density at radius 3 is 2.52 bits per heavy atom. The molecule has 3 N–H and O–H groups in total. The molecule has 0 spiro atoms. The van der Waals surface area contributed by atoms with Gasteiger partial charge in [0.2, 0.25) is 0 Å². The summed E-state index contributed by atoms with van der Waals surface area (Å²) in [5.74, 6) is -0.714. The lowest BCUT2D eigenvalue weighted by atomic mass is 10.0. The predicted octanol–water partition coefficient (Wildman–Crippen LogP) is 1.29. The van der Waals surface area contributed by atoms with Gasteiger partial charge in [-0.15, -0.1) is 0 Å². The van der Waals surface area contributed by atoms with Crippen molar-refractivity contribution in [3.8, 4) is 0 Å². The highest BCUT2D eigenvalue weighted by Crippen LogP contribution is 2.47. The molecule has 0 bridgehead atoms. The van der Waals surface area contributed by atoms with Crippen LogP contribution in [0.5, 0.6) is 0 Å². The van der Waals surface area contributed by atoms with Crippen molar-refractivity contribution in [1.29, 1.82) is 0 Å². The standard InChI is InChI=1S/C13H15F3N2O3/c14-13(15,16)9-2-1-8(11(21)18-9)10(20)17-7-12(3-4-12)5-6-19/h1-2,19H,3-7H2,(H,17,20)(H,18,21). The van der Waals surface area contributed by atoms with Crippen molar-refractivity contribution < 1.29 is 23.1 Å². The first-order valence-electron chi connectivity index (χ1n) is 6.47. The molecule has 5 nitrogen and oxygen atoms in total. The van der Waals surface area contributed by atoms with Crippen molar-refractivity contribution in [2.45, 2.75) is 25.4 Å². The molecule has 1 saturated carbocycles. The number of pyridine rings is 1. The second-order valence-corrected chi connectivity index (χ2v) is 5.27. The van der Waals surface area contributed by atoms with Gasteiger partial charge in [-0.1, -0.05) is 0 Å². The van der Waals surface area contributed by atoms with E-state index in [-0.39, 0.29) is 17.6 Å². The van der Waals surface area contributed by atoms with Gasteiger partial charge in [0.25, 0.3) is 11.5 Å². The van der Waals surface area contributed by atoms with Crippen molar-refractivity contribution in [3.63, 3.8) is 0 Å². The highest BCUT2D eigenvalue weighted by atomic mass is 19.4. The van der Waals surface area contributed by atoms with Crippen molar-refractivity contribution in [2.75, 3.05) is 13.2 Å². The van der Waals surface area contributed by atoms with Crippen molar-refractivity contribution >= 4 is 5.91 Å². The van der Waals surface area contributed by atoms with E-state index in [0.29, 0.717) is 19.0 Å². The molecule has 0 radical (unpaired) electrons. The zero-order valence-electron chi connectivity index (χ0n) is 11.1. The van der Waals surface area contributed by atoms with Crippen LogP contribution in [0.15, 0.2) is 16.9 Å². The van der Waals surface area contributed by atoms with Gasteiger partial charge < -0.3 is 15.4 Å². The van der Waals surface area contributed by atoms with Gasteiger partial charge in [-0.2, -0.15) is 13.2 Å². The highest BCUT2D eigenvalue weighted by Gasteiger charge is 2.42. The minimum Gasteiger partial charge on any atom is -0.396 e. The number of aromatic amines is 1. The van der Waals surface area contributed by atoms with Gasteiger partial charge >= 0.3 is 6.18 Å². The molecular formula is C13H15F3N2O3. The van der Waals surface area contributed by atoms with Crippen LogP contribution < -0.4 is 10.9 Å². The Kier molecular flexibility index (Phi) is 4.08. The van der Waals surface area contributed by atoms with E-state index in [1.165, 1.54) is 0 Å². The zero-order chi connectivity index (χ0) is 15.7. The van der Waals surface area contributed by atoms with Crippen LogP contribution in [-0.2, 0) is 6.18 Å². The second-order valence-electron chi connectivity index (χ2n) is 5.27. The maximum absolute atomic E-state index is 12.4. The topological polar surface area (TPSA) is 82.2 Å². The van der Waals surface area contributed by atoms with Gasteiger partial charge in [0.15, 0.2) is 0 Å². The first kappa shape index (κ1) is 15.6. The molecule has 0 aromatic carbocycles. The summed E-state index contributed by atoms with van der Waals surface area (Å²) in [5, 5.41) is 11.4. The van der Waals surface area contributed by atoms with Crippen molar-refractivity contribution in [3.05, 3.63) is 33.7 Å². The summed E-state index contributed by atoms with van der Waals surface area (Å²) >= 11 is 0. The van der Waals surface area contributed by atoms with Crippen LogP contribution in [0.3, 0.4) is 0 Å². The van der Waals surface area contributed by atoms with E-state index in [0.717, 1.165) is 18.9 Å². The fourth-order valence-electron chi connectivity index (χ4n) is 2.11. The summed E-state index contributed by atoms with van der Waals surface area (Å²) in [6.45, 7) is 0.309. The molecule has 1 fully saturated rings. The van der Waals surface area contributed by atoms with E-state index in [1.807, 2.05) is 0 Å². The predicted molar refractivity (Wildman–Crippen MR) is 67.8 cm³/mol. The summed E-state index contributed by atoms with van der Waals surface area (Å²) in [5.41, 5.74) is -2.76. The number of alkyl halides is 3. The van der Waals surface area contributed by atoms with E-state index in [2.05, 4.69) is 5.32 Å². The molecule has 2 rings (SSSR count).